The third-order valence-corrected chi connectivity index (χ3v) is 9.42. The molecule has 0 aliphatic heterocycles. The van der Waals surface area contributed by atoms with Crippen LogP contribution in [0.2, 0.25) is 0 Å². The number of carbonyl (C=O) groups excluding carboxylic acids is 2. The van der Waals surface area contributed by atoms with Gasteiger partial charge in [-0.1, -0.05) is 140 Å². The number of allylic oxidation sites excluding steroid dienone is 6. The van der Waals surface area contributed by atoms with Crippen LogP contribution in [0.3, 0.4) is 0 Å². The van der Waals surface area contributed by atoms with E-state index in [1.54, 1.807) is 0 Å². The molecule has 0 spiro atoms. The van der Waals surface area contributed by atoms with E-state index >= 15 is 0 Å². The molecule has 0 heterocycles. The third kappa shape index (κ3) is 37.8. The van der Waals surface area contributed by atoms with E-state index in [4.69, 9.17) is 18.5 Å². The molecule has 0 aliphatic carbocycles. The zero-order chi connectivity index (χ0) is 37.9. The average Bonchev–Trinajstić information content (AvgIpc) is 3.07. The smallest absolute Gasteiger partial charge is 0.462 e. The minimum atomic E-state index is -4.37. The summed E-state index contributed by atoms with van der Waals surface area (Å²) < 4.78 is 34.2. The van der Waals surface area contributed by atoms with Crippen molar-refractivity contribution < 1.29 is 42.1 Å². The van der Waals surface area contributed by atoms with Gasteiger partial charge in [0.15, 0.2) is 6.10 Å². The monoisotopic (exact) mass is 743 g/mol. The molecule has 9 nitrogen and oxygen atoms in total. The minimum Gasteiger partial charge on any atom is -0.462 e. The molecule has 0 aromatic heterocycles. The van der Waals surface area contributed by atoms with Gasteiger partial charge in [-0.2, -0.15) is 0 Å². The predicted octanol–water partition coefficient (Wildman–Crippen LogP) is 11.0. The van der Waals surface area contributed by atoms with Gasteiger partial charge in [-0.05, 0) is 44.9 Å². The van der Waals surface area contributed by atoms with Crippen LogP contribution >= 0.6 is 7.82 Å². The molecule has 0 bridgehead atoms. The van der Waals surface area contributed by atoms with E-state index in [0.29, 0.717) is 17.4 Å². The Labute approximate surface area is 312 Å². The highest BCUT2D eigenvalue weighted by Gasteiger charge is 2.27. The Balaban J connectivity index is 4.40. The van der Waals surface area contributed by atoms with Crippen LogP contribution < -0.4 is 0 Å². The first-order valence-electron chi connectivity index (χ1n) is 20.2. The molecule has 0 aromatic rings. The molecule has 51 heavy (non-hydrogen) atoms. The van der Waals surface area contributed by atoms with Gasteiger partial charge < -0.3 is 18.9 Å². The van der Waals surface area contributed by atoms with Gasteiger partial charge in [0.1, 0.15) is 19.8 Å². The number of nitrogens with zero attached hydrogens (tertiary/aromatic N) is 1. The van der Waals surface area contributed by atoms with Crippen molar-refractivity contribution >= 4 is 19.8 Å². The van der Waals surface area contributed by atoms with E-state index in [-0.39, 0.29) is 32.0 Å². The summed E-state index contributed by atoms with van der Waals surface area (Å²) in [6, 6.07) is 0. The number of phosphoric ester groups is 1. The van der Waals surface area contributed by atoms with Crippen molar-refractivity contribution in [1.29, 1.82) is 0 Å². The lowest BCUT2D eigenvalue weighted by Crippen LogP contribution is -2.37. The normalized spacial score (nSPS) is 14.1. The van der Waals surface area contributed by atoms with E-state index in [1.165, 1.54) is 64.2 Å². The minimum absolute atomic E-state index is 0.0298. The number of unbranched alkanes of at least 4 members (excludes halogenated alkanes) is 16. The summed E-state index contributed by atoms with van der Waals surface area (Å²) in [6.45, 7) is 4.27. The molecule has 0 aliphatic rings. The maximum absolute atomic E-state index is 12.6. The van der Waals surface area contributed by atoms with Gasteiger partial charge >= 0.3 is 19.8 Å². The van der Waals surface area contributed by atoms with Crippen LogP contribution in [0.15, 0.2) is 36.5 Å². The van der Waals surface area contributed by atoms with Crippen molar-refractivity contribution in [2.24, 2.45) is 0 Å². The summed E-state index contributed by atoms with van der Waals surface area (Å²) in [5.41, 5.74) is 0. The van der Waals surface area contributed by atoms with Crippen LogP contribution in [0.4, 0.5) is 0 Å². The Bertz CT molecular complexity index is 975. The number of ether oxygens (including phenoxy) is 2. The number of likely N-dealkylation sites (N-methyl/N-ethyl adjacent to an activating group) is 1. The summed E-state index contributed by atoms with van der Waals surface area (Å²) in [5, 5.41) is 0. The number of hydrogen-bond donors (Lipinski definition) is 1. The van der Waals surface area contributed by atoms with Crippen LogP contribution in [-0.2, 0) is 32.7 Å². The fourth-order valence-electron chi connectivity index (χ4n) is 5.26. The maximum atomic E-state index is 12.6. The number of phosphoric acid groups is 1. The highest BCUT2D eigenvalue weighted by molar-refractivity contribution is 7.47. The maximum Gasteiger partial charge on any atom is 0.472 e. The summed E-state index contributed by atoms with van der Waals surface area (Å²) in [4.78, 5) is 35.2. The number of carbonyl (C=O) groups is 2. The third-order valence-electron chi connectivity index (χ3n) is 8.43. The summed E-state index contributed by atoms with van der Waals surface area (Å²) in [6.07, 6.45) is 36.2. The van der Waals surface area contributed by atoms with Gasteiger partial charge in [-0.25, -0.2) is 4.57 Å². The van der Waals surface area contributed by atoms with E-state index in [0.717, 1.165) is 64.2 Å². The topological polar surface area (TPSA) is 108 Å². The summed E-state index contributed by atoms with van der Waals surface area (Å²) in [7, 11) is 1.47. The quantitative estimate of drug-likeness (QED) is 0.0222. The van der Waals surface area contributed by atoms with Crippen LogP contribution in [-0.4, -0.2) is 74.9 Å². The van der Waals surface area contributed by atoms with E-state index in [2.05, 4.69) is 50.3 Å². The Kier molecular flexibility index (Phi) is 32.8. The molecule has 0 fully saturated rings. The molecule has 2 atom stereocenters. The summed E-state index contributed by atoms with van der Waals surface area (Å²) >= 11 is 0. The van der Waals surface area contributed by atoms with Gasteiger partial charge in [0.2, 0.25) is 0 Å². The molecule has 0 aromatic carbocycles. The first-order chi connectivity index (χ1) is 24.5. The van der Waals surface area contributed by atoms with Gasteiger partial charge in [0.05, 0.1) is 27.7 Å². The standard InChI is InChI=1S/C41H76NO8P/c1-6-8-10-12-14-16-18-19-20-21-22-23-24-26-28-30-32-34-41(44)50-39(38-49-51(45,46)48-36-35-42(3,4)5)37-47-40(43)33-31-29-27-25-17-15-13-11-9-7-2/h8,10,14,16,19-20,39H,6-7,9,11-13,15,17-18,21-38H2,1-5H3/p+1/b10-8-,16-14-,20-19-. The highest BCUT2D eigenvalue weighted by atomic mass is 31.2. The van der Waals surface area contributed by atoms with Gasteiger partial charge in [-0.15, -0.1) is 0 Å². The zero-order valence-corrected chi connectivity index (χ0v) is 34.2. The molecule has 298 valence electrons. The number of rotatable bonds is 36. The molecular formula is C41H77NO8P+. The molecule has 0 rings (SSSR count). The number of esters is 2. The molecule has 0 saturated heterocycles. The lowest BCUT2D eigenvalue weighted by Gasteiger charge is -2.24. The fraction of sp³-hybridized carbons (Fsp3) is 0.805. The van der Waals surface area contributed by atoms with Crippen LogP contribution in [0, 0.1) is 0 Å². The first-order valence-corrected chi connectivity index (χ1v) is 21.7. The van der Waals surface area contributed by atoms with Crippen LogP contribution in [0.5, 0.6) is 0 Å². The summed E-state index contributed by atoms with van der Waals surface area (Å²) in [5.74, 6) is -0.812. The second-order valence-electron chi connectivity index (χ2n) is 14.6. The average molecular weight is 743 g/mol. The van der Waals surface area contributed by atoms with Gasteiger partial charge in [-0.3, -0.25) is 18.6 Å². The number of quaternary nitrogens is 1. The molecule has 10 heteroatoms. The van der Waals surface area contributed by atoms with Crippen molar-refractivity contribution in [2.45, 2.75) is 168 Å². The zero-order valence-electron chi connectivity index (χ0n) is 33.3. The lowest BCUT2D eigenvalue weighted by molar-refractivity contribution is -0.870. The van der Waals surface area contributed by atoms with E-state index < -0.39 is 26.5 Å². The van der Waals surface area contributed by atoms with Gasteiger partial charge in [0, 0.05) is 12.8 Å². The van der Waals surface area contributed by atoms with Gasteiger partial charge in [0.25, 0.3) is 0 Å². The molecule has 2 unspecified atom stereocenters. The van der Waals surface area contributed by atoms with Crippen molar-refractivity contribution in [2.75, 3.05) is 47.5 Å². The molecule has 0 amide bonds. The SMILES string of the molecule is CC/C=C\C/C=C\C/C=C\CCCCCCCCCC(=O)OC(COC(=O)CCCCCCCCCCCC)COP(=O)(O)OCC[N+](C)(C)C. The lowest BCUT2D eigenvalue weighted by atomic mass is 10.1. The van der Waals surface area contributed by atoms with Crippen LogP contribution in [0.1, 0.15) is 162 Å². The van der Waals surface area contributed by atoms with Crippen molar-refractivity contribution in [3.63, 3.8) is 0 Å². The van der Waals surface area contributed by atoms with E-state index in [9.17, 15) is 19.0 Å². The Morgan fingerprint density at radius 1 is 0.627 bits per heavy atom. The Hall–Kier alpha value is -1.77. The van der Waals surface area contributed by atoms with E-state index in [1.807, 2.05) is 21.1 Å². The molecular weight excluding hydrogens is 665 g/mol. The van der Waals surface area contributed by atoms with Crippen molar-refractivity contribution in [3.05, 3.63) is 36.5 Å². The first kappa shape index (κ1) is 49.2. The predicted molar refractivity (Wildman–Crippen MR) is 210 cm³/mol. The fourth-order valence-corrected chi connectivity index (χ4v) is 6.00. The van der Waals surface area contributed by atoms with Crippen molar-refractivity contribution in [1.82, 2.24) is 0 Å². The Morgan fingerprint density at radius 2 is 1.12 bits per heavy atom. The molecule has 0 radical (unpaired) electrons. The molecule has 1 N–H and O–H groups in total. The second-order valence-corrected chi connectivity index (χ2v) is 16.1. The molecule has 0 saturated carbocycles. The van der Waals surface area contributed by atoms with Crippen molar-refractivity contribution in [3.8, 4) is 0 Å². The second kappa shape index (κ2) is 34.0. The largest absolute Gasteiger partial charge is 0.472 e. The number of hydrogen-bond acceptors (Lipinski definition) is 7. The Morgan fingerprint density at radius 3 is 1.67 bits per heavy atom. The van der Waals surface area contributed by atoms with Crippen LogP contribution in [0.25, 0.3) is 0 Å². The highest BCUT2D eigenvalue weighted by Crippen LogP contribution is 2.43.